The highest BCUT2D eigenvalue weighted by Gasteiger charge is 2.10. The number of carboxylic acids is 1. The third-order valence-electron chi connectivity index (χ3n) is 1.84. The summed E-state index contributed by atoms with van der Waals surface area (Å²) in [5, 5.41) is 13.1. The van der Waals surface area contributed by atoms with Crippen LogP contribution in [0.15, 0.2) is 27.3 Å². The van der Waals surface area contributed by atoms with Crippen LogP contribution in [0, 0.1) is 0 Å². The van der Waals surface area contributed by atoms with Crippen molar-refractivity contribution in [2.75, 3.05) is 0 Å². The lowest BCUT2D eigenvalue weighted by Gasteiger charge is -1.98. The molecule has 0 amide bonds. The highest BCUT2D eigenvalue weighted by Crippen LogP contribution is 2.24. The van der Waals surface area contributed by atoms with Gasteiger partial charge >= 0.3 is 5.97 Å². The van der Waals surface area contributed by atoms with E-state index in [9.17, 15) is 4.79 Å². The van der Waals surface area contributed by atoms with E-state index >= 15 is 0 Å². The highest BCUT2D eigenvalue weighted by atomic mass is 79.9. The fourth-order valence-corrected chi connectivity index (χ4v) is 1.83. The Morgan fingerprint density at radius 3 is 3.07 bits per heavy atom. The summed E-state index contributed by atoms with van der Waals surface area (Å²) in [5.41, 5.74) is 1.16. The van der Waals surface area contributed by atoms with Crippen molar-refractivity contribution in [3.8, 4) is 0 Å². The van der Waals surface area contributed by atoms with Gasteiger partial charge in [-0.05, 0) is 12.1 Å². The van der Waals surface area contributed by atoms with Crippen molar-refractivity contribution in [2.24, 2.45) is 0 Å². The van der Waals surface area contributed by atoms with Crippen molar-refractivity contribution in [3.05, 3.63) is 28.4 Å². The lowest BCUT2D eigenvalue weighted by Crippen LogP contribution is -2.00. The van der Waals surface area contributed by atoms with Crippen LogP contribution in [0.1, 0.15) is 5.56 Å². The van der Waals surface area contributed by atoms with E-state index in [1.54, 1.807) is 12.3 Å². The second kappa shape index (κ2) is 3.42. The molecule has 0 spiro atoms. The standard InChI is InChI=1S/C9H6BrNO3/c10-7-1-5(3-8(12)13)9-6(2-7)4-11-14-9/h1-2,4H,3H2,(H,12,13). The quantitative estimate of drug-likeness (QED) is 0.894. The number of aromatic nitrogens is 1. The molecule has 14 heavy (non-hydrogen) atoms. The van der Waals surface area contributed by atoms with Gasteiger partial charge in [0.25, 0.3) is 0 Å². The second-order valence-corrected chi connectivity index (χ2v) is 3.80. The van der Waals surface area contributed by atoms with Crippen molar-refractivity contribution in [1.82, 2.24) is 5.16 Å². The summed E-state index contributed by atoms with van der Waals surface area (Å²) in [6.07, 6.45) is 1.50. The largest absolute Gasteiger partial charge is 0.481 e. The van der Waals surface area contributed by atoms with E-state index in [2.05, 4.69) is 21.1 Å². The van der Waals surface area contributed by atoms with Gasteiger partial charge in [0.05, 0.1) is 12.6 Å². The fraction of sp³-hybridized carbons (Fsp3) is 0.111. The lowest BCUT2D eigenvalue weighted by atomic mass is 10.1. The van der Waals surface area contributed by atoms with Crippen LogP contribution in [0.25, 0.3) is 11.0 Å². The predicted molar refractivity (Wildman–Crippen MR) is 53.0 cm³/mol. The molecule has 1 aromatic heterocycles. The lowest BCUT2D eigenvalue weighted by molar-refractivity contribution is -0.136. The topological polar surface area (TPSA) is 63.3 Å². The molecule has 0 fully saturated rings. The van der Waals surface area contributed by atoms with E-state index in [1.165, 1.54) is 0 Å². The minimum atomic E-state index is -0.888. The molecule has 5 heteroatoms. The van der Waals surface area contributed by atoms with Gasteiger partial charge in [-0.3, -0.25) is 4.79 Å². The van der Waals surface area contributed by atoms with Crippen LogP contribution in [0.4, 0.5) is 0 Å². The van der Waals surface area contributed by atoms with Gasteiger partial charge in [0.15, 0.2) is 5.58 Å². The van der Waals surface area contributed by atoms with E-state index in [1.807, 2.05) is 6.07 Å². The summed E-state index contributed by atoms with van der Waals surface area (Å²) < 4.78 is 5.79. The number of fused-ring (bicyclic) bond motifs is 1. The summed E-state index contributed by atoms with van der Waals surface area (Å²) in [6.45, 7) is 0. The number of aliphatic carboxylic acids is 1. The Bertz CT molecular complexity index is 492. The maximum absolute atomic E-state index is 10.6. The average Bonchev–Trinajstić information content (AvgIpc) is 2.50. The third kappa shape index (κ3) is 1.63. The molecule has 1 aromatic carbocycles. The third-order valence-corrected chi connectivity index (χ3v) is 2.29. The average molecular weight is 256 g/mol. The zero-order chi connectivity index (χ0) is 10.1. The van der Waals surface area contributed by atoms with Crippen molar-refractivity contribution in [3.63, 3.8) is 0 Å². The molecule has 0 aliphatic heterocycles. The molecular weight excluding hydrogens is 250 g/mol. The van der Waals surface area contributed by atoms with Gasteiger partial charge in [-0.15, -0.1) is 0 Å². The maximum atomic E-state index is 10.6. The number of hydrogen-bond acceptors (Lipinski definition) is 3. The van der Waals surface area contributed by atoms with E-state index < -0.39 is 5.97 Å². The molecule has 0 unspecified atom stereocenters. The Hall–Kier alpha value is -1.36. The molecule has 0 radical (unpaired) electrons. The molecule has 0 atom stereocenters. The Balaban J connectivity index is 2.60. The number of hydrogen-bond donors (Lipinski definition) is 1. The number of carboxylic acid groups (broad SMARTS) is 1. The number of nitrogens with zero attached hydrogens (tertiary/aromatic N) is 1. The van der Waals surface area contributed by atoms with Crippen LogP contribution in [-0.4, -0.2) is 16.2 Å². The number of benzene rings is 1. The van der Waals surface area contributed by atoms with Gasteiger partial charge in [0.2, 0.25) is 0 Å². The molecule has 4 nitrogen and oxygen atoms in total. The molecule has 1 N–H and O–H groups in total. The molecular formula is C9H6BrNO3. The van der Waals surface area contributed by atoms with E-state index in [-0.39, 0.29) is 6.42 Å². The molecule has 2 aromatic rings. The maximum Gasteiger partial charge on any atom is 0.307 e. The Morgan fingerprint density at radius 1 is 1.57 bits per heavy atom. The fourth-order valence-electron chi connectivity index (χ4n) is 1.31. The van der Waals surface area contributed by atoms with E-state index in [4.69, 9.17) is 9.63 Å². The molecule has 1 heterocycles. The van der Waals surface area contributed by atoms with Crippen LogP contribution in [0.5, 0.6) is 0 Å². The molecule has 72 valence electrons. The summed E-state index contributed by atoms with van der Waals surface area (Å²) in [4.78, 5) is 10.6. The van der Waals surface area contributed by atoms with Crippen LogP contribution >= 0.6 is 15.9 Å². The van der Waals surface area contributed by atoms with Crippen molar-refractivity contribution in [2.45, 2.75) is 6.42 Å². The summed E-state index contributed by atoms with van der Waals surface area (Å²) in [6, 6.07) is 3.55. The van der Waals surface area contributed by atoms with E-state index in [0.717, 1.165) is 9.86 Å². The van der Waals surface area contributed by atoms with Crippen molar-refractivity contribution >= 4 is 32.9 Å². The molecule has 0 bridgehead atoms. The Kier molecular flexibility index (Phi) is 2.25. The van der Waals surface area contributed by atoms with Crippen LogP contribution in [-0.2, 0) is 11.2 Å². The summed E-state index contributed by atoms with van der Waals surface area (Å²) >= 11 is 3.30. The Labute approximate surface area is 87.6 Å². The summed E-state index contributed by atoms with van der Waals surface area (Å²) in [5.74, 6) is -0.888. The number of rotatable bonds is 2. The Morgan fingerprint density at radius 2 is 2.36 bits per heavy atom. The van der Waals surface area contributed by atoms with Gasteiger partial charge in [-0.2, -0.15) is 0 Å². The van der Waals surface area contributed by atoms with Crippen molar-refractivity contribution in [1.29, 1.82) is 0 Å². The minimum absolute atomic E-state index is 0.0644. The zero-order valence-corrected chi connectivity index (χ0v) is 8.61. The number of carbonyl (C=O) groups is 1. The van der Waals surface area contributed by atoms with Gasteiger partial charge in [-0.1, -0.05) is 21.1 Å². The van der Waals surface area contributed by atoms with E-state index in [0.29, 0.717) is 11.1 Å². The van der Waals surface area contributed by atoms with Crippen LogP contribution < -0.4 is 0 Å². The molecule has 0 saturated heterocycles. The van der Waals surface area contributed by atoms with Crippen LogP contribution in [0.2, 0.25) is 0 Å². The van der Waals surface area contributed by atoms with Gasteiger partial charge in [0, 0.05) is 15.4 Å². The first-order valence-corrected chi connectivity index (χ1v) is 4.71. The minimum Gasteiger partial charge on any atom is -0.481 e. The second-order valence-electron chi connectivity index (χ2n) is 2.88. The zero-order valence-electron chi connectivity index (χ0n) is 7.03. The smallest absolute Gasteiger partial charge is 0.307 e. The molecule has 2 rings (SSSR count). The summed E-state index contributed by atoms with van der Waals surface area (Å²) in [7, 11) is 0. The van der Waals surface area contributed by atoms with Crippen molar-refractivity contribution < 1.29 is 14.4 Å². The number of halogens is 1. The van der Waals surface area contributed by atoms with Gasteiger partial charge < -0.3 is 9.63 Å². The molecule has 0 aliphatic carbocycles. The van der Waals surface area contributed by atoms with Gasteiger partial charge in [0.1, 0.15) is 0 Å². The van der Waals surface area contributed by atoms with Gasteiger partial charge in [-0.25, -0.2) is 0 Å². The monoisotopic (exact) mass is 255 g/mol. The molecule has 0 aliphatic rings. The normalized spacial score (nSPS) is 10.6. The molecule has 0 saturated carbocycles. The first kappa shape index (κ1) is 9.21. The first-order valence-electron chi connectivity index (χ1n) is 3.91. The SMILES string of the molecule is O=C(O)Cc1cc(Br)cc2cnoc12. The predicted octanol–water partition coefficient (Wildman–Crippen LogP) is 2.22. The highest BCUT2D eigenvalue weighted by molar-refractivity contribution is 9.10. The van der Waals surface area contributed by atoms with Crippen LogP contribution in [0.3, 0.4) is 0 Å². The first-order chi connectivity index (χ1) is 6.66.